The van der Waals surface area contributed by atoms with Crippen LogP contribution in [0.4, 0.5) is 0 Å². The summed E-state index contributed by atoms with van der Waals surface area (Å²) >= 11 is 5.92. The van der Waals surface area contributed by atoms with Gasteiger partial charge >= 0.3 is 0 Å². The van der Waals surface area contributed by atoms with Gasteiger partial charge in [-0.15, -0.1) is 0 Å². The summed E-state index contributed by atoms with van der Waals surface area (Å²) in [5.41, 5.74) is 1.85. The summed E-state index contributed by atoms with van der Waals surface area (Å²) in [6, 6.07) is 17.7. The van der Waals surface area contributed by atoms with E-state index < -0.39 is 0 Å². The molecular formula is C19H20ClNO. The third kappa shape index (κ3) is 2.76. The van der Waals surface area contributed by atoms with Crippen LogP contribution in [0.1, 0.15) is 43.4 Å². The molecule has 1 N–H and O–H groups in total. The van der Waals surface area contributed by atoms with E-state index in [2.05, 4.69) is 17.4 Å². The molecule has 1 unspecified atom stereocenters. The van der Waals surface area contributed by atoms with Gasteiger partial charge in [0.25, 0.3) is 0 Å². The van der Waals surface area contributed by atoms with Gasteiger partial charge in [0.15, 0.2) is 0 Å². The quantitative estimate of drug-likeness (QED) is 0.875. The van der Waals surface area contributed by atoms with Crippen molar-refractivity contribution in [2.24, 2.45) is 0 Å². The highest BCUT2D eigenvalue weighted by molar-refractivity contribution is 6.30. The fourth-order valence-corrected chi connectivity index (χ4v) is 3.23. The molecule has 22 heavy (non-hydrogen) atoms. The Labute approximate surface area is 136 Å². The summed E-state index contributed by atoms with van der Waals surface area (Å²) in [7, 11) is 0. The van der Waals surface area contributed by atoms with Crippen LogP contribution in [-0.2, 0) is 10.2 Å². The molecule has 0 saturated heterocycles. The Bertz CT molecular complexity index is 647. The molecule has 3 heteroatoms. The minimum absolute atomic E-state index is 0.0223. The zero-order chi connectivity index (χ0) is 15.6. The molecule has 1 aliphatic rings. The fraction of sp³-hybridized carbons (Fsp3) is 0.316. The highest BCUT2D eigenvalue weighted by Crippen LogP contribution is 2.44. The van der Waals surface area contributed by atoms with Crippen molar-refractivity contribution in [3.63, 3.8) is 0 Å². The van der Waals surface area contributed by atoms with Crippen LogP contribution in [0.15, 0.2) is 54.6 Å². The molecule has 1 aliphatic carbocycles. The summed E-state index contributed by atoms with van der Waals surface area (Å²) in [4.78, 5) is 12.9. The Kier molecular flexibility index (Phi) is 4.21. The summed E-state index contributed by atoms with van der Waals surface area (Å²) in [5.74, 6) is 0.132. The summed E-state index contributed by atoms with van der Waals surface area (Å²) in [6.45, 7) is 2.01. The Balaban J connectivity index is 1.77. The highest BCUT2D eigenvalue weighted by Gasteiger charge is 2.45. The van der Waals surface area contributed by atoms with Gasteiger partial charge in [0.2, 0.25) is 5.91 Å². The van der Waals surface area contributed by atoms with Crippen LogP contribution in [0.2, 0.25) is 5.02 Å². The molecule has 2 aromatic rings. The molecule has 0 spiro atoms. The van der Waals surface area contributed by atoms with Gasteiger partial charge in [-0.1, -0.05) is 60.5 Å². The lowest BCUT2D eigenvalue weighted by molar-refractivity contribution is -0.130. The molecule has 1 amide bonds. The highest BCUT2D eigenvalue weighted by atomic mass is 35.5. The van der Waals surface area contributed by atoms with Crippen molar-refractivity contribution in [2.75, 3.05) is 0 Å². The van der Waals surface area contributed by atoms with Gasteiger partial charge in [-0.25, -0.2) is 0 Å². The third-order valence-corrected chi connectivity index (χ3v) is 4.94. The Hall–Kier alpha value is -1.80. The Morgan fingerprint density at radius 1 is 1.09 bits per heavy atom. The second-order valence-electron chi connectivity index (χ2n) is 6.05. The first-order valence-electron chi connectivity index (χ1n) is 7.74. The largest absolute Gasteiger partial charge is 0.349 e. The normalized spacial score (nSPS) is 17.4. The number of hydrogen-bond acceptors (Lipinski definition) is 1. The predicted octanol–water partition coefficient (Wildman–Crippen LogP) is 4.64. The van der Waals surface area contributed by atoms with Crippen LogP contribution < -0.4 is 5.32 Å². The maximum absolute atomic E-state index is 12.9. The molecule has 0 aliphatic heterocycles. The minimum Gasteiger partial charge on any atom is -0.349 e. The number of nitrogens with one attached hydrogen (secondary N) is 1. The average molecular weight is 314 g/mol. The monoisotopic (exact) mass is 313 g/mol. The molecule has 2 nitrogen and oxygen atoms in total. The molecule has 1 fully saturated rings. The van der Waals surface area contributed by atoms with Gasteiger partial charge < -0.3 is 5.32 Å². The first-order valence-corrected chi connectivity index (χ1v) is 8.11. The number of carbonyl (C=O) groups excluding carboxylic acids is 1. The van der Waals surface area contributed by atoms with E-state index in [0.717, 1.165) is 30.4 Å². The molecule has 0 radical (unpaired) electrons. The number of benzene rings is 2. The first kappa shape index (κ1) is 15.1. The zero-order valence-corrected chi connectivity index (χ0v) is 13.4. The summed E-state index contributed by atoms with van der Waals surface area (Å²) in [6.07, 6.45) is 2.96. The van der Waals surface area contributed by atoms with Crippen LogP contribution in [0, 0.1) is 0 Å². The van der Waals surface area contributed by atoms with E-state index in [0.29, 0.717) is 5.02 Å². The van der Waals surface area contributed by atoms with Crippen molar-refractivity contribution in [1.29, 1.82) is 0 Å². The smallest absolute Gasteiger partial charge is 0.231 e. The summed E-state index contributed by atoms with van der Waals surface area (Å²) < 4.78 is 0. The van der Waals surface area contributed by atoms with Crippen LogP contribution in [0.5, 0.6) is 0 Å². The standard InChI is InChI=1S/C19H20ClNO/c1-14(15-8-10-17(20)11-9-15)21-18(22)19(12-5-13-19)16-6-3-2-4-7-16/h2-4,6-11,14H,5,12-13H2,1H3,(H,21,22). The number of halogens is 1. The number of carbonyl (C=O) groups is 1. The molecule has 3 rings (SSSR count). The SMILES string of the molecule is CC(NC(=O)C1(c2ccccc2)CCC1)c1ccc(Cl)cc1. The van der Waals surface area contributed by atoms with E-state index >= 15 is 0 Å². The zero-order valence-electron chi connectivity index (χ0n) is 12.7. The van der Waals surface area contributed by atoms with Crippen molar-refractivity contribution < 1.29 is 4.79 Å². The fourth-order valence-electron chi connectivity index (χ4n) is 3.10. The van der Waals surface area contributed by atoms with Gasteiger partial charge in [0, 0.05) is 5.02 Å². The van der Waals surface area contributed by atoms with E-state index in [-0.39, 0.29) is 17.4 Å². The maximum Gasteiger partial charge on any atom is 0.231 e. The maximum atomic E-state index is 12.9. The van der Waals surface area contributed by atoms with E-state index in [1.54, 1.807) is 0 Å². The summed E-state index contributed by atoms with van der Waals surface area (Å²) in [5, 5.41) is 3.89. The molecule has 1 atom stereocenters. The second kappa shape index (κ2) is 6.13. The lowest BCUT2D eigenvalue weighted by Crippen LogP contribution is -2.49. The average Bonchev–Trinajstić information content (AvgIpc) is 2.48. The number of hydrogen-bond donors (Lipinski definition) is 1. The van der Waals surface area contributed by atoms with Gasteiger partial charge in [-0.3, -0.25) is 4.79 Å². The van der Waals surface area contributed by atoms with Crippen molar-refractivity contribution in [3.05, 3.63) is 70.7 Å². The van der Waals surface area contributed by atoms with Crippen LogP contribution in [0.25, 0.3) is 0 Å². The minimum atomic E-state index is -0.345. The molecule has 1 saturated carbocycles. The lowest BCUT2D eigenvalue weighted by atomic mass is 9.63. The predicted molar refractivity (Wildman–Crippen MR) is 90.0 cm³/mol. The van der Waals surface area contributed by atoms with Crippen molar-refractivity contribution >= 4 is 17.5 Å². The molecule has 0 bridgehead atoms. The third-order valence-electron chi connectivity index (χ3n) is 4.69. The van der Waals surface area contributed by atoms with Gasteiger partial charge in [0.05, 0.1) is 11.5 Å². The number of rotatable bonds is 4. The van der Waals surface area contributed by atoms with Gasteiger partial charge in [0.1, 0.15) is 0 Å². The first-order chi connectivity index (χ1) is 10.6. The molecule has 114 valence electrons. The van der Waals surface area contributed by atoms with Gasteiger partial charge in [-0.05, 0) is 43.0 Å². The Morgan fingerprint density at radius 2 is 1.73 bits per heavy atom. The van der Waals surface area contributed by atoms with Gasteiger partial charge in [-0.2, -0.15) is 0 Å². The van der Waals surface area contributed by atoms with E-state index in [4.69, 9.17) is 11.6 Å². The van der Waals surface area contributed by atoms with Crippen LogP contribution >= 0.6 is 11.6 Å². The Morgan fingerprint density at radius 3 is 2.27 bits per heavy atom. The van der Waals surface area contributed by atoms with Crippen LogP contribution in [0.3, 0.4) is 0 Å². The molecule has 0 heterocycles. The second-order valence-corrected chi connectivity index (χ2v) is 6.48. The van der Waals surface area contributed by atoms with E-state index in [9.17, 15) is 4.79 Å². The van der Waals surface area contributed by atoms with Crippen molar-refractivity contribution in [1.82, 2.24) is 5.32 Å². The van der Waals surface area contributed by atoms with Crippen molar-refractivity contribution in [3.8, 4) is 0 Å². The molecule has 2 aromatic carbocycles. The topological polar surface area (TPSA) is 29.1 Å². The van der Waals surface area contributed by atoms with Crippen molar-refractivity contribution in [2.45, 2.75) is 37.6 Å². The molecule has 0 aromatic heterocycles. The van der Waals surface area contributed by atoms with E-state index in [1.807, 2.05) is 49.4 Å². The van der Waals surface area contributed by atoms with E-state index in [1.165, 1.54) is 0 Å². The van der Waals surface area contributed by atoms with Crippen LogP contribution in [-0.4, -0.2) is 5.91 Å². The number of amides is 1. The molecular weight excluding hydrogens is 294 g/mol. The lowest BCUT2D eigenvalue weighted by Gasteiger charge is -2.41.